The normalized spacial score (nSPS) is 26.9. The molecule has 1 saturated heterocycles. The Hall–Kier alpha value is -1.46. The van der Waals surface area contributed by atoms with E-state index in [0.29, 0.717) is 18.6 Å². The van der Waals surface area contributed by atoms with Gasteiger partial charge in [-0.2, -0.15) is 0 Å². The van der Waals surface area contributed by atoms with E-state index in [9.17, 15) is 10.1 Å². The van der Waals surface area contributed by atoms with Crippen LogP contribution in [0.15, 0.2) is 24.3 Å². The molecule has 1 aliphatic carbocycles. The van der Waals surface area contributed by atoms with E-state index in [1.807, 2.05) is 6.07 Å². The Morgan fingerprint density at radius 2 is 2.25 bits per heavy atom. The quantitative estimate of drug-likeness (QED) is 0.662. The van der Waals surface area contributed by atoms with E-state index in [1.54, 1.807) is 12.1 Å². The van der Waals surface area contributed by atoms with Crippen molar-refractivity contribution in [2.24, 2.45) is 0 Å². The predicted octanol–water partition coefficient (Wildman–Crippen LogP) is 2.31. The van der Waals surface area contributed by atoms with Crippen molar-refractivity contribution in [3.63, 3.8) is 0 Å². The number of nitro benzene ring substituents is 1. The lowest BCUT2D eigenvalue weighted by atomic mass is 10.1. The van der Waals surface area contributed by atoms with Gasteiger partial charge in [0.25, 0.3) is 5.69 Å². The van der Waals surface area contributed by atoms with Crippen molar-refractivity contribution >= 4 is 5.69 Å². The fourth-order valence-corrected chi connectivity index (χ4v) is 3.16. The molecule has 1 N–H and O–H groups in total. The maximum Gasteiger partial charge on any atom is 0.269 e. The molecule has 1 heterocycles. The monoisotopic (exact) mass is 275 g/mol. The lowest BCUT2D eigenvalue weighted by Crippen LogP contribution is -2.33. The minimum absolute atomic E-state index is 0.170. The molecule has 1 saturated carbocycles. The van der Waals surface area contributed by atoms with Crippen molar-refractivity contribution in [3.05, 3.63) is 39.9 Å². The maximum absolute atomic E-state index is 10.8. The van der Waals surface area contributed by atoms with Crippen LogP contribution < -0.4 is 5.32 Å². The topological polar surface area (TPSA) is 58.4 Å². The molecule has 0 bridgehead atoms. The molecule has 0 spiro atoms. The van der Waals surface area contributed by atoms with Gasteiger partial charge in [-0.05, 0) is 31.7 Å². The van der Waals surface area contributed by atoms with Gasteiger partial charge in [-0.25, -0.2) is 0 Å². The van der Waals surface area contributed by atoms with E-state index >= 15 is 0 Å². The van der Waals surface area contributed by atoms with E-state index in [-0.39, 0.29) is 10.6 Å². The van der Waals surface area contributed by atoms with Gasteiger partial charge < -0.3 is 5.32 Å². The zero-order chi connectivity index (χ0) is 14.1. The van der Waals surface area contributed by atoms with Crippen molar-refractivity contribution in [1.82, 2.24) is 10.2 Å². The molecular weight excluding hydrogens is 254 g/mol. The first-order chi connectivity index (χ1) is 9.63. The van der Waals surface area contributed by atoms with E-state index in [2.05, 4.69) is 17.1 Å². The molecule has 5 nitrogen and oxygen atoms in total. The van der Waals surface area contributed by atoms with Crippen LogP contribution in [0, 0.1) is 10.1 Å². The number of nitrogens with zero attached hydrogens (tertiary/aromatic N) is 2. The van der Waals surface area contributed by atoms with Crippen LogP contribution >= 0.6 is 0 Å². The summed E-state index contributed by atoms with van der Waals surface area (Å²) in [5, 5.41) is 14.3. The second-order valence-corrected chi connectivity index (χ2v) is 6.02. The van der Waals surface area contributed by atoms with Gasteiger partial charge in [-0.15, -0.1) is 0 Å². The van der Waals surface area contributed by atoms with Gasteiger partial charge in [0.1, 0.15) is 0 Å². The Kier molecular flexibility index (Phi) is 3.72. The van der Waals surface area contributed by atoms with Gasteiger partial charge >= 0.3 is 0 Å². The van der Waals surface area contributed by atoms with E-state index < -0.39 is 0 Å². The van der Waals surface area contributed by atoms with Crippen molar-refractivity contribution in [1.29, 1.82) is 0 Å². The number of benzene rings is 1. The second kappa shape index (κ2) is 5.50. The highest BCUT2D eigenvalue weighted by Gasteiger charge is 2.38. The molecule has 1 aliphatic heterocycles. The van der Waals surface area contributed by atoms with Crippen molar-refractivity contribution < 1.29 is 4.92 Å². The molecule has 5 heteroatoms. The molecule has 0 amide bonds. The highest BCUT2D eigenvalue weighted by Crippen LogP contribution is 2.33. The van der Waals surface area contributed by atoms with Crippen molar-refractivity contribution in [2.45, 2.75) is 50.9 Å². The van der Waals surface area contributed by atoms with Crippen LogP contribution in [0.5, 0.6) is 0 Å². The standard InChI is InChI=1S/C15H21N3O2/c1-11-7-13(10-17(11)14-5-6-14)16-9-12-3-2-4-15(8-12)18(19)20/h2-4,8,11,13-14,16H,5-7,9-10H2,1H3. The average molecular weight is 275 g/mol. The van der Waals surface area contributed by atoms with Crippen LogP contribution in [-0.4, -0.2) is 34.5 Å². The molecule has 20 heavy (non-hydrogen) atoms. The van der Waals surface area contributed by atoms with E-state index in [1.165, 1.54) is 25.3 Å². The van der Waals surface area contributed by atoms with Gasteiger partial charge in [0, 0.05) is 43.3 Å². The first-order valence-electron chi connectivity index (χ1n) is 7.36. The second-order valence-electron chi connectivity index (χ2n) is 6.02. The summed E-state index contributed by atoms with van der Waals surface area (Å²) in [6.45, 7) is 4.12. The molecule has 2 aliphatic rings. The fraction of sp³-hybridized carbons (Fsp3) is 0.600. The lowest BCUT2D eigenvalue weighted by Gasteiger charge is -2.19. The Labute approximate surface area is 119 Å². The summed E-state index contributed by atoms with van der Waals surface area (Å²) in [7, 11) is 0. The van der Waals surface area contributed by atoms with Crippen LogP contribution in [0.2, 0.25) is 0 Å². The molecule has 2 atom stereocenters. The Morgan fingerprint density at radius 1 is 1.45 bits per heavy atom. The van der Waals surface area contributed by atoms with Gasteiger partial charge in [-0.3, -0.25) is 15.0 Å². The Morgan fingerprint density at radius 3 is 2.95 bits per heavy atom. The molecule has 2 fully saturated rings. The molecule has 0 aromatic heterocycles. The summed E-state index contributed by atoms with van der Waals surface area (Å²) in [6.07, 6.45) is 3.87. The third-order valence-electron chi connectivity index (χ3n) is 4.36. The summed E-state index contributed by atoms with van der Waals surface area (Å²) in [4.78, 5) is 13.0. The summed E-state index contributed by atoms with van der Waals surface area (Å²) >= 11 is 0. The average Bonchev–Trinajstić information content (AvgIpc) is 3.21. The lowest BCUT2D eigenvalue weighted by molar-refractivity contribution is -0.384. The minimum Gasteiger partial charge on any atom is -0.309 e. The number of non-ortho nitro benzene ring substituents is 1. The number of likely N-dealkylation sites (tertiary alicyclic amines) is 1. The van der Waals surface area contributed by atoms with Crippen molar-refractivity contribution in [2.75, 3.05) is 6.54 Å². The molecule has 1 aromatic carbocycles. The molecule has 1 aromatic rings. The van der Waals surface area contributed by atoms with E-state index in [4.69, 9.17) is 0 Å². The first-order valence-corrected chi connectivity index (χ1v) is 7.36. The fourth-order valence-electron chi connectivity index (χ4n) is 3.16. The Bertz CT molecular complexity index is 502. The Balaban J connectivity index is 1.54. The number of nitrogens with one attached hydrogen (secondary N) is 1. The van der Waals surface area contributed by atoms with E-state index in [0.717, 1.165) is 18.2 Å². The number of rotatable bonds is 5. The summed E-state index contributed by atoms with van der Waals surface area (Å²) in [5.74, 6) is 0. The minimum atomic E-state index is -0.337. The zero-order valence-corrected chi connectivity index (χ0v) is 11.8. The molecule has 3 rings (SSSR count). The van der Waals surface area contributed by atoms with Gasteiger partial charge in [-0.1, -0.05) is 12.1 Å². The first kappa shape index (κ1) is 13.5. The number of nitro groups is 1. The molecule has 0 radical (unpaired) electrons. The largest absolute Gasteiger partial charge is 0.309 e. The highest BCUT2D eigenvalue weighted by molar-refractivity contribution is 5.34. The van der Waals surface area contributed by atoms with Gasteiger partial charge in [0.15, 0.2) is 0 Å². The van der Waals surface area contributed by atoms with Crippen LogP contribution in [0.25, 0.3) is 0 Å². The van der Waals surface area contributed by atoms with Crippen LogP contribution in [0.3, 0.4) is 0 Å². The van der Waals surface area contributed by atoms with Crippen LogP contribution in [-0.2, 0) is 6.54 Å². The summed E-state index contributed by atoms with van der Waals surface area (Å²) < 4.78 is 0. The van der Waals surface area contributed by atoms with Crippen LogP contribution in [0.1, 0.15) is 31.7 Å². The van der Waals surface area contributed by atoms with Gasteiger partial charge in [0.05, 0.1) is 4.92 Å². The maximum atomic E-state index is 10.8. The summed E-state index contributed by atoms with van der Waals surface area (Å²) in [6, 6.07) is 8.87. The molecule has 108 valence electrons. The third-order valence-corrected chi connectivity index (χ3v) is 4.36. The van der Waals surface area contributed by atoms with Crippen molar-refractivity contribution in [3.8, 4) is 0 Å². The predicted molar refractivity (Wildman–Crippen MR) is 77.5 cm³/mol. The molecule has 2 unspecified atom stereocenters. The highest BCUT2D eigenvalue weighted by atomic mass is 16.6. The SMILES string of the molecule is CC1CC(NCc2cccc([N+](=O)[O-])c2)CN1C1CC1. The number of hydrogen-bond donors (Lipinski definition) is 1. The smallest absolute Gasteiger partial charge is 0.269 e. The van der Waals surface area contributed by atoms with Gasteiger partial charge in [0.2, 0.25) is 0 Å². The molecular formula is C15H21N3O2. The summed E-state index contributed by atoms with van der Waals surface area (Å²) in [5.41, 5.74) is 1.15. The third kappa shape index (κ3) is 2.99. The number of hydrogen-bond acceptors (Lipinski definition) is 4. The van der Waals surface area contributed by atoms with Crippen LogP contribution in [0.4, 0.5) is 5.69 Å². The zero-order valence-electron chi connectivity index (χ0n) is 11.8.